The van der Waals surface area contributed by atoms with E-state index in [0.29, 0.717) is 35.9 Å². The zero-order chi connectivity index (χ0) is 23.1. The molecule has 1 aliphatic rings. The lowest BCUT2D eigenvalue weighted by Gasteiger charge is -2.35. The fourth-order valence-corrected chi connectivity index (χ4v) is 4.58. The SMILES string of the molecule is Cc1ccc(-c2nc(C)no2)c(C(=O)N2CCCCC2Cc2cn3ccc(C)c(C)c3n2)n1. The van der Waals surface area contributed by atoms with Crippen molar-refractivity contribution in [3.8, 4) is 11.5 Å². The molecule has 1 aliphatic heterocycles. The van der Waals surface area contributed by atoms with Gasteiger partial charge in [-0.15, -0.1) is 0 Å². The molecule has 0 radical (unpaired) electrons. The number of amides is 1. The highest BCUT2D eigenvalue weighted by Crippen LogP contribution is 2.27. The molecular formula is C25H28N6O2. The van der Waals surface area contributed by atoms with E-state index in [1.807, 2.05) is 30.2 Å². The third kappa shape index (κ3) is 4.01. The number of fused-ring (bicyclic) bond motifs is 1. The van der Waals surface area contributed by atoms with Gasteiger partial charge in [0.2, 0.25) is 0 Å². The van der Waals surface area contributed by atoms with Crippen LogP contribution in [0, 0.1) is 27.7 Å². The van der Waals surface area contributed by atoms with Gasteiger partial charge in [-0.05, 0) is 76.3 Å². The number of carbonyl (C=O) groups is 1. The van der Waals surface area contributed by atoms with Crippen LogP contribution in [0.5, 0.6) is 0 Å². The summed E-state index contributed by atoms with van der Waals surface area (Å²) in [6, 6.07) is 5.88. The molecule has 1 fully saturated rings. The molecule has 4 aromatic heterocycles. The molecule has 170 valence electrons. The average molecular weight is 445 g/mol. The van der Waals surface area contributed by atoms with Crippen LogP contribution in [0.25, 0.3) is 17.1 Å². The number of hydrogen-bond acceptors (Lipinski definition) is 6. The molecule has 0 N–H and O–H groups in total. The highest BCUT2D eigenvalue weighted by molar-refractivity contribution is 5.98. The van der Waals surface area contributed by atoms with E-state index in [-0.39, 0.29) is 11.9 Å². The van der Waals surface area contributed by atoms with Crippen molar-refractivity contribution < 1.29 is 9.32 Å². The second-order valence-corrected chi connectivity index (χ2v) is 8.93. The van der Waals surface area contributed by atoms with E-state index in [2.05, 4.69) is 45.6 Å². The van der Waals surface area contributed by atoms with Gasteiger partial charge in [0, 0.05) is 37.1 Å². The number of pyridine rings is 2. The molecule has 8 nitrogen and oxygen atoms in total. The molecule has 0 aliphatic carbocycles. The summed E-state index contributed by atoms with van der Waals surface area (Å²) in [4.78, 5) is 29.5. The first kappa shape index (κ1) is 21.3. The summed E-state index contributed by atoms with van der Waals surface area (Å²) in [5, 5.41) is 3.88. The van der Waals surface area contributed by atoms with Gasteiger partial charge in [0.15, 0.2) is 5.82 Å². The monoisotopic (exact) mass is 444 g/mol. The normalized spacial score (nSPS) is 16.5. The maximum absolute atomic E-state index is 13.8. The molecule has 5 heterocycles. The first-order valence-electron chi connectivity index (χ1n) is 11.4. The van der Waals surface area contributed by atoms with E-state index in [9.17, 15) is 4.79 Å². The number of likely N-dealkylation sites (tertiary alicyclic amines) is 1. The molecule has 33 heavy (non-hydrogen) atoms. The molecule has 0 aromatic carbocycles. The van der Waals surface area contributed by atoms with Crippen molar-refractivity contribution in [2.45, 2.75) is 59.4 Å². The quantitative estimate of drug-likeness (QED) is 0.467. The Morgan fingerprint density at radius 1 is 1.09 bits per heavy atom. The minimum atomic E-state index is -0.0926. The summed E-state index contributed by atoms with van der Waals surface area (Å²) >= 11 is 0. The zero-order valence-electron chi connectivity index (χ0n) is 19.5. The lowest BCUT2D eigenvalue weighted by atomic mass is 9.97. The number of nitrogens with zero attached hydrogens (tertiary/aromatic N) is 6. The maximum atomic E-state index is 13.8. The lowest BCUT2D eigenvalue weighted by molar-refractivity contribution is 0.0606. The summed E-state index contributed by atoms with van der Waals surface area (Å²) in [6.07, 6.45) is 7.86. The van der Waals surface area contributed by atoms with E-state index in [1.54, 1.807) is 6.92 Å². The van der Waals surface area contributed by atoms with Crippen LogP contribution in [0.1, 0.15) is 58.1 Å². The van der Waals surface area contributed by atoms with Crippen molar-refractivity contribution in [2.24, 2.45) is 0 Å². The van der Waals surface area contributed by atoms with Gasteiger partial charge >= 0.3 is 0 Å². The van der Waals surface area contributed by atoms with Crippen LogP contribution < -0.4 is 0 Å². The molecule has 1 unspecified atom stereocenters. The predicted molar refractivity (Wildman–Crippen MR) is 124 cm³/mol. The number of aromatic nitrogens is 5. The number of piperidine rings is 1. The Hall–Kier alpha value is -3.55. The summed E-state index contributed by atoms with van der Waals surface area (Å²) < 4.78 is 7.43. The Labute approximate surface area is 192 Å². The van der Waals surface area contributed by atoms with Crippen molar-refractivity contribution >= 4 is 11.6 Å². The predicted octanol–water partition coefficient (Wildman–Crippen LogP) is 4.25. The molecule has 1 atom stereocenters. The topological polar surface area (TPSA) is 89.4 Å². The summed E-state index contributed by atoms with van der Waals surface area (Å²) in [5.74, 6) is 0.755. The average Bonchev–Trinajstić information content (AvgIpc) is 3.42. The van der Waals surface area contributed by atoms with Crippen molar-refractivity contribution in [3.63, 3.8) is 0 Å². The van der Waals surface area contributed by atoms with E-state index < -0.39 is 0 Å². The van der Waals surface area contributed by atoms with E-state index >= 15 is 0 Å². The molecule has 5 rings (SSSR count). The Bertz CT molecular complexity index is 1340. The van der Waals surface area contributed by atoms with Crippen LogP contribution in [0.15, 0.2) is 35.1 Å². The van der Waals surface area contributed by atoms with Gasteiger partial charge < -0.3 is 13.8 Å². The third-order valence-corrected chi connectivity index (χ3v) is 6.52. The highest BCUT2D eigenvalue weighted by atomic mass is 16.5. The molecule has 0 bridgehead atoms. The first-order chi connectivity index (χ1) is 15.9. The van der Waals surface area contributed by atoms with Gasteiger partial charge in [-0.25, -0.2) is 9.97 Å². The number of aryl methyl sites for hydroxylation is 4. The van der Waals surface area contributed by atoms with Gasteiger partial charge in [-0.3, -0.25) is 4.79 Å². The van der Waals surface area contributed by atoms with Crippen LogP contribution in [0.2, 0.25) is 0 Å². The first-order valence-corrected chi connectivity index (χ1v) is 11.4. The van der Waals surface area contributed by atoms with Gasteiger partial charge in [-0.2, -0.15) is 4.98 Å². The molecule has 4 aromatic rings. The van der Waals surface area contributed by atoms with Crippen LogP contribution >= 0.6 is 0 Å². The zero-order valence-corrected chi connectivity index (χ0v) is 19.5. The lowest BCUT2D eigenvalue weighted by Crippen LogP contribution is -2.45. The van der Waals surface area contributed by atoms with Gasteiger partial charge in [-0.1, -0.05) is 5.16 Å². The molecule has 8 heteroatoms. The molecule has 0 spiro atoms. The van der Waals surface area contributed by atoms with Crippen molar-refractivity contribution in [1.29, 1.82) is 0 Å². The van der Waals surface area contributed by atoms with Crippen LogP contribution in [0.4, 0.5) is 0 Å². The van der Waals surface area contributed by atoms with Crippen molar-refractivity contribution in [2.75, 3.05) is 6.54 Å². The van der Waals surface area contributed by atoms with Gasteiger partial charge in [0.1, 0.15) is 11.3 Å². The van der Waals surface area contributed by atoms with Gasteiger partial charge in [0.25, 0.3) is 11.8 Å². The van der Waals surface area contributed by atoms with Crippen LogP contribution in [-0.4, -0.2) is 47.9 Å². The highest BCUT2D eigenvalue weighted by Gasteiger charge is 2.31. The number of hydrogen-bond donors (Lipinski definition) is 0. The standard InChI is InChI=1S/C25H28N6O2/c1-15-10-12-30-14-19(28-23(30)17(15)3)13-20-7-5-6-11-31(20)25(32)22-21(9-8-16(2)26-22)24-27-18(4)29-33-24/h8-10,12,14,20H,5-7,11,13H2,1-4H3. The number of carbonyl (C=O) groups excluding carboxylic acids is 1. The molecular weight excluding hydrogens is 416 g/mol. The molecule has 0 saturated carbocycles. The molecule has 1 amide bonds. The Morgan fingerprint density at radius 3 is 2.73 bits per heavy atom. The maximum Gasteiger partial charge on any atom is 0.273 e. The Morgan fingerprint density at radius 2 is 1.94 bits per heavy atom. The Balaban J connectivity index is 1.47. The minimum absolute atomic E-state index is 0.0668. The van der Waals surface area contributed by atoms with Crippen LogP contribution in [-0.2, 0) is 6.42 Å². The van der Waals surface area contributed by atoms with Crippen molar-refractivity contribution in [3.05, 3.63) is 64.6 Å². The second kappa shape index (κ2) is 8.42. The largest absolute Gasteiger partial charge is 0.334 e. The van der Waals surface area contributed by atoms with Crippen LogP contribution in [0.3, 0.4) is 0 Å². The third-order valence-electron chi connectivity index (χ3n) is 6.52. The molecule has 1 saturated heterocycles. The minimum Gasteiger partial charge on any atom is -0.334 e. The number of imidazole rings is 1. The van der Waals surface area contributed by atoms with E-state index in [4.69, 9.17) is 9.51 Å². The second-order valence-electron chi connectivity index (χ2n) is 8.93. The Kier molecular flexibility index (Phi) is 5.44. The summed E-state index contributed by atoms with van der Waals surface area (Å²) in [6.45, 7) is 8.54. The number of rotatable bonds is 4. The van der Waals surface area contributed by atoms with Crippen molar-refractivity contribution in [1.82, 2.24) is 29.4 Å². The summed E-state index contributed by atoms with van der Waals surface area (Å²) in [5.41, 5.74) is 6.11. The fraction of sp³-hybridized carbons (Fsp3) is 0.400. The smallest absolute Gasteiger partial charge is 0.273 e. The van der Waals surface area contributed by atoms with E-state index in [0.717, 1.165) is 36.3 Å². The van der Waals surface area contributed by atoms with E-state index in [1.165, 1.54) is 11.1 Å². The van der Waals surface area contributed by atoms with Gasteiger partial charge in [0.05, 0.1) is 11.3 Å². The summed E-state index contributed by atoms with van der Waals surface area (Å²) in [7, 11) is 0. The fourth-order valence-electron chi connectivity index (χ4n) is 4.58.